The van der Waals surface area contributed by atoms with Crippen LogP contribution >= 0.6 is 0 Å². The van der Waals surface area contributed by atoms with Gasteiger partial charge in [0.15, 0.2) is 6.04 Å². The van der Waals surface area contributed by atoms with Gasteiger partial charge in [0.1, 0.15) is 0 Å². The van der Waals surface area contributed by atoms with E-state index in [1.165, 1.54) is 0 Å². The molecular formula is C4H8F2N+. The van der Waals surface area contributed by atoms with Crippen LogP contribution in [0.15, 0.2) is 0 Å². The molecule has 0 aromatic rings. The smallest absolute Gasteiger partial charge is 0.0415 e. The van der Waals surface area contributed by atoms with Gasteiger partial charge in [-0.15, -0.1) is 0 Å². The van der Waals surface area contributed by atoms with Gasteiger partial charge in [-0.05, 0) is 6.42 Å². The molecule has 1 fully saturated rings. The summed E-state index contributed by atoms with van der Waals surface area (Å²) in [6.45, 7) is 0. The van der Waals surface area contributed by atoms with Crippen molar-refractivity contribution in [1.29, 1.82) is 0 Å². The number of halogens is 2. The molecule has 1 nitrogen and oxygen atoms in total. The van der Waals surface area contributed by atoms with E-state index in [-0.39, 0.29) is 6.04 Å². The fraction of sp³-hybridized carbons (Fsp3) is 1.00. The summed E-state index contributed by atoms with van der Waals surface area (Å²) in [5.74, 6) is 0. The molecule has 0 spiro atoms. The highest BCUT2D eigenvalue weighted by molar-refractivity contribution is 4.64. The van der Waals surface area contributed by atoms with Gasteiger partial charge in [-0.1, -0.05) is 0 Å². The van der Waals surface area contributed by atoms with Crippen LogP contribution in [0, 0.1) is 0 Å². The summed E-state index contributed by atoms with van der Waals surface area (Å²) in [5, 5.41) is -1.37. The maximum absolute atomic E-state index is 11.4. The predicted octanol–water partition coefficient (Wildman–Crippen LogP) is 0.193. The quantitative estimate of drug-likeness (QED) is 0.457. The lowest BCUT2D eigenvalue weighted by molar-refractivity contribution is -1.18. The van der Waals surface area contributed by atoms with Crippen molar-refractivity contribution in [2.75, 3.05) is 0 Å². The minimum absolute atomic E-state index is 0.333. The summed E-state index contributed by atoms with van der Waals surface area (Å²) < 4.78 is 22.8. The van der Waals surface area contributed by atoms with Crippen LogP contribution < -0.4 is 5.34 Å². The highest BCUT2D eigenvalue weighted by Crippen LogP contribution is 2.14. The van der Waals surface area contributed by atoms with Gasteiger partial charge in [0.05, 0.1) is 0 Å². The first-order valence-electron chi connectivity index (χ1n) is 2.48. The summed E-state index contributed by atoms with van der Waals surface area (Å²) >= 11 is 0. The Kier molecular flexibility index (Phi) is 1.23. The molecule has 0 aliphatic heterocycles. The van der Waals surface area contributed by atoms with Gasteiger partial charge in [0, 0.05) is 27.1 Å². The molecule has 1 saturated carbocycles. The third-order valence-electron chi connectivity index (χ3n) is 1.41. The van der Waals surface area contributed by atoms with Gasteiger partial charge in [0.2, 0.25) is 0 Å². The highest BCUT2D eigenvalue weighted by atomic mass is 19.4. The van der Waals surface area contributed by atoms with Crippen LogP contribution in [0.4, 0.5) is 8.96 Å². The summed E-state index contributed by atoms with van der Waals surface area (Å²) in [5.41, 5.74) is 0. The molecule has 0 aromatic heterocycles. The van der Waals surface area contributed by atoms with Crippen LogP contribution in [0.5, 0.6) is 0 Å². The lowest BCUT2D eigenvalue weighted by Gasteiger charge is -2.18. The minimum Gasteiger partial charge on any atom is -0.0415 e. The molecule has 1 aliphatic rings. The molecule has 0 heterocycles. The average Bonchev–Trinajstić information content (AvgIpc) is 1.23. The van der Waals surface area contributed by atoms with Crippen LogP contribution in [0.25, 0.3) is 0 Å². The van der Waals surface area contributed by atoms with Crippen molar-refractivity contribution in [3.8, 4) is 0 Å². The molecular weight excluding hydrogens is 100 g/mol. The molecule has 1 rings (SSSR count). The summed E-state index contributed by atoms with van der Waals surface area (Å²) in [7, 11) is 0. The fourth-order valence-electron chi connectivity index (χ4n) is 0.626. The van der Waals surface area contributed by atoms with Gasteiger partial charge in [-0.25, -0.2) is 0 Å². The summed E-state index contributed by atoms with van der Waals surface area (Å²) in [6, 6.07) is -0.333. The van der Waals surface area contributed by atoms with E-state index < -0.39 is 5.34 Å². The molecule has 42 valence electrons. The topological polar surface area (TPSA) is 4.44 Å². The molecule has 0 aromatic carbocycles. The predicted molar refractivity (Wildman–Crippen MR) is 20.8 cm³/mol. The Morgan fingerprint density at radius 2 is 1.86 bits per heavy atom. The van der Waals surface area contributed by atoms with E-state index in [2.05, 4.69) is 0 Å². The van der Waals surface area contributed by atoms with Crippen molar-refractivity contribution in [2.24, 2.45) is 0 Å². The third-order valence-corrected chi connectivity index (χ3v) is 1.41. The van der Waals surface area contributed by atoms with E-state index in [0.717, 1.165) is 6.42 Å². The van der Waals surface area contributed by atoms with E-state index in [9.17, 15) is 8.96 Å². The lowest BCUT2D eigenvalue weighted by Crippen LogP contribution is -3.02. The Morgan fingerprint density at radius 1 is 1.29 bits per heavy atom. The Labute approximate surface area is 40.8 Å². The molecule has 1 aliphatic carbocycles. The van der Waals surface area contributed by atoms with E-state index in [1.54, 1.807) is 0 Å². The Morgan fingerprint density at radius 3 is 1.86 bits per heavy atom. The van der Waals surface area contributed by atoms with Crippen LogP contribution in [-0.2, 0) is 0 Å². The number of rotatable bonds is 1. The Hall–Kier alpha value is -0.180. The molecule has 1 N–H and O–H groups in total. The van der Waals surface area contributed by atoms with Gasteiger partial charge >= 0.3 is 0 Å². The second kappa shape index (κ2) is 1.74. The highest BCUT2D eigenvalue weighted by Gasteiger charge is 2.30. The first-order valence-corrected chi connectivity index (χ1v) is 2.48. The molecule has 7 heavy (non-hydrogen) atoms. The molecule has 0 radical (unpaired) electrons. The second-order valence-corrected chi connectivity index (χ2v) is 1.92. The van der Waals surface area contributed by atoms with Crippen molar-refractivity contribution in [3.63, 3.8) is 0 Å². The summed E-state index contributed by atoms with van der Waals surface area (Å²) in [4.78, 5) is 0. The Balaban J connectivity index is 2.14. The van der Waals surface area contributed by atoms with E-state index in [4.69, 9.17) is 0 Å². The molecule has 0 bridgehead atoms. The van der Waals surface area contributed by atoms with E-state index in [1.807, 2.05) is 0 Å². The van der Waals surface area contributed by atoms with Gasteiger partial charge < -0.3 is 0 Å². The van der Waals surface area contributed by atoms with Gasteiger partial charge in [0.25, 0.3) is 0 Å². The maximum atomic E-state index is 11.4. The summed E-state index contributed by atoms with van der Waals surface area (Å²) in [6.07, 6.45) is 2.41. The monoisotopic (exact) mass is 108 g/mol. The van der Waals surface area contributed by atoms with E-state index in [0.29, 0.717) is 12.8 Å². The van der Waals surface area contributed by atoms with Gasteiger partial charge in [-0.2, -0.15) is 0 Å². The third kappa shape index (κ3) is 0.881. The first-order chi connectivity index (χ1) is 3.30. The zero-order valence-electron chi connectivity index (χ0n) is 3.95. The average molecular weight is 108 g/mol. The molecule has 0 atom stereocenters. The zero-order valence-corrected chi connectivity index (χ0v) is 3.95. The maximum Gasteiger partial charge on any atom is 0.163 e. The standard InChI is InChI=1S/C4H7F2N/c5-7(6)4-2-1-3-4/h4H,1-3H2/p+1. The lowest BCUT2D eigenvalue weighted by atomic mass is 9.94. The molecule has 0 saturated heterocycles. The minimum atomic E-state index is -1.37. The van der Waals surface area contributed by atoms with Crippen molar-refractivity contribution in [1.82, 2.24) is 0 Å². The number of hydrogen-bond donors (Lipinski definition) is 1. The largest absolute Gasteiger partial charge is 0.163 e. The molecule has 0 unspecified atom stereocenters. The van der Waals surface area contributed by atoms with Crippen LogP contribution in [-0.4, -0.2) is 6.04 Å². The molecule has 3 heteroatoms. The van der Waals surface area contributed by atoms with Gasteiger partial charge in [-0.3, -0.25) is 0 Å². The normalized spacial score (nSPS) is 22.7. The fourth-order valence-corrected chi connectivity index (χ4v) is 0.626. The number of quaternary nitrogens is 1. The second-order valence-electron chi connectivity index (χ2n) is 1.92. The van der Waals surface area contributed by atoms with Crippen molar-refractivity contribution in [2.45, 2.75) is 25.3 Å². The zero-order chi connectivity index (χ0) is 5.28. The molecule has 0 amide bonds. The van der Waals surface area contributed by atoms with Crippen LogP contribution in [0.3, 0.4) is 0 Å². The first kappa shape index (κ1) is 4.97. The number of nitrogens with one attached hydrogen (secondary N) is 1. The number of hydrogen-bond acceptors (Lipinski definition) is 0. The van der Waals surface area contributed by atoms with Crippen molar-refractivity contribution >= 4 is 0 Å². The van der Waals surface area contributed by atoms with Crippen LogP contribution in [0.2, 0.25) is 0 Å². The SMILES string of the molecule is F[NH+](F)C1CCC1. The Bertz CT molecular complexity index is 60.7. The van der Waals surface area contributed by atoms with Crippen molar-refractivity contribution < 1.29 is 14.3 Å². The van der Waals surface area contributed by atoms with E-state index >= 15 is 0 Å². The van der Waals surface area contributed by atoms with Crippen molar-refractivity contribution in [3.05, 3.63) is 0 Å². The van der Waals surface area contributed by atoms with Crippen LogP contribution in [0.1, 0.15) is 19.3 Å².